The van der Waals surface area contributed by atoms with Crippen LogP contribution in [0.4, 0.5) is 4.39 Å². The van der Waals surface area contributed by atoms with E-state index in [0.717, 1.165) is 25.0 Å². The van der Waals surface area contributed by atoms with Crippen molar-refractivity contribution >= 4 is 15.9 Å². The van der Waals surface area contributed by atoms with Gasteiger partial charge in [0, 0.05) is 18.2 Å². The SMILES string of the molecule is CC(NS(=O)(=O)c1ccc(F)c(CN)c1)C(=O)NC1CC1. The number of benzene rings is 1. The maximum Gasteiger partial charge on any atom is 0.241 e. The van der Waals surface area contributed by atoms with Crippen LogP contribution in [0.3, 0.4) is 0 Å². The van der Waals surface area contributed by atoms with E-state index in [0.29, 0.717) is 0 Å². The molecule has 0 saturated heterocycles. The van der Waals surface area contributed by atoms with Gasteiger partial charge >= 0.3 is 0 Å². The van der Waals surface area contributed by atoms with Crippen molar-refractivity contribution in [2.45, 2.75) is 43.3 Å². The van der Waals surface area contributed by atoms with Gasteiger partial charge in [-0.15, -0.1) is 0 Å². The second-order valence-corrected chi connectivity index (χ2v) is 6.80. The molecule has 1 unspecified atom stereocenters. The van der Waals surface area contributed by atoms with Gasteiger partial charge in [0.1, 0.15) is 5.82 Å². The Morgan fingerprint density at radius 2 is 2.14 bits per heavy atom. The Morgan fingerprint density at radius 3 is 2.71 bits per heavy atom. The first-order chi connectivity index (χ1) is 9.83. The highest BCUT2D eigenvalue weighted by Crippen LogP contribution is 2.19. The fourth-order valence-corrected chi connectivity index (χ4v) is 3.04. The monoisotopic (exact) mass is 315 g/mol. The van der Waals surface area contributed by atoms with Crippen LogP contribution < -0.4 is 15.8 Å². The summed E-state index contributed by atoms with van der Waals surface area (Å²) in [6, 6.07) is 2.61. The van der Waals surface area contributed by atoms with Gasteiger partial charge in [0.15, 0.2) is 0 Å². The highest BCUT2D eigenvalue weighted by atomic mass is 32.2. The Kier molecular flexibility index (Phi) is 4.60. The summed E-state index contributed by atoms with van der Waals surface area (Å²) in [6.45, 7) is 1.36. The molecule has 1 aromatic rings. The average Bonchev–Trinajstić information content (AvgIpc) is 3.22. The summed E-state index contributed by atoms with van der Waals surface area (Å²) < 4.78 is 40.0. The predicted octanol–water partition coefficient (Wildman–Crippen LogP) is 0.230. The van der Waals surface area contributed by atoms with Gasteiger partial charge in [-0.05, 0) is 38.0 Å². The normalized spacial score (nSPS) is 16.5. The lowest BCUT2D eigenvalue weighted by Crippen LogP contribution is -2.45. The van der Waals surface area contributed by atoms with Crippen molar-refractivity contribution in [1.29, 1.82) is 0 Å². The van der Waals surface area contributed by atoms with Crippen molar-refractivity contribution in [1.82, 2.24) is 10.0 Å². The minimum absolute atomic E-state index is 0.104. The number of amides is 1. The number of nitrogens with two attached hydrogens (primary N) is 1. The first kappa shape index (κ1) is 15.9. The zero-order valence-electron chi connectivity index (χ0n) is 11.6. The molecule has 8 heteroatoms. The highest BCUT2D eigenvalue weighted by Gasteiger charge is 2.28. The lowest BCUT2D eigenvalue weighted by molar-refractivity contribution is -0.122. The van der Waals surface area contributed by atoms with Crippen molar-refractivity contribution in [2.75, 3.05) is 0 Å². The van der Waals surface area contributed by atoms with Crippen molar-refractivity contribution in [3.8, 4) is 0 Å². The van der Waals surface area contributed by atoms with Crippen LogP contribution in [0.15, 0.2) is 23.1 Å². The second-order valence-electron chi connectivity index (χ2n) is 5.08. The Morgan fingerprint density at radius 1 is 1.48 bits per heavy atom. The number of sulfonamides is 1. The molecule has 0 radical (unpaired) electrons. The van der Waals surface area contributed by atoms with Crippen LogP contribution in [0.2, 0.25) is 0 Å². The molecule has 0 aromatic heterocycles. The molecular formula is C13H18FN3O3S. The van der Waals surface area contributed by atoms with Crippen LogP contribution in [0.5, 0.6) is 0 Å². The molecule has 1 aromatic carbocycles. The van der Waals surface area contributed by atoms with Gasteiger partial charge in [0.2, 0.25) is 15.9 Å². The van der Waals surface area contributed by atoms with Gasteiger partial charge in [0.05, 0.1) is 10.9 Å². The topological polar surface area (TPSA) is 101 Å². The summed E-state index contributed by atoms with van der Waals surface area (Å²) >= 11 is 0. The summed E-state index contributed by atoms with van der Waals surface area (Å²) in [6.07, 6.45) is 1.84. The zero-order valence-corrected chi connectivity index (χ0v) is 12.4. The summed E-state index contributed by atoms with van der Waals surface area (Å²) in [4.78, 5) is 11.6. The predicted molar refractivity (Wildman–Crippen MR) is 75.2 cm³/mol. The summed E-state index contributed by atoms with van der Waals surface area (Å²) in [5.74, 6) is -0.932. The summed E-state index contributed by atoms with van der Waals surface area (Å²) in [5.41, 5.74) is 5.46. The standard InChI is InChI=1S/C13H18FN3O3S/c1-8(13(18)16-10-2-3-10)17-21(19,20)11-4-5-12(14)9(6-11)7-15/h4-6,8,10,17H,2-3,7,15H2,1H3,(H,16,18). The third-order valence-corrected chi connectivity index (χ3v) is 4.73. The van der Waals surface area contributed by atoms with E-state index in [4.69, 9.17) is 5.73 Å². The van der Waals surface area contributed by atoms with Crippen molar-refractivity contribution in [3.63, 3.8) is 0 Å². The molecule has 6 nitrogen and oxygen atoms in total. The smallest absolute Gasteiger partial charge is 0.241 e. The molecule has 0 spiro atoms. The van der Waals surface area contributed by atoms with Crippen LogP contribution in [0.1, 0.15) is 25.3 Å². The number of nitrogens with one attached hydrogen (secondary N) is 2. The van der Waals surface area contributed by atoms with Gasteiger partial charge < -0.3 is 11.1 Å². The first-order valence-electron chi connectivity index (χ1n) is 6.64. The number of carbonyl (C=O) groups is 1. The lowest BCUT2D eigenvalue weighted by atomic mass is 10.2. The second kappa shape index (κ2) is 6.08. The molecule has 1 aliphatic carbocycles. The molecule has 1 atom stereocenters. The number of carbonyl (C=O) groups excluding carboxylic acids is 1. The molecule has 1 fully saturated rings. The van der Waals surface area contributed by atoms with Crippen LogP contribution in [0.25, 0.3) is 0 Å². The molecule has 2 rings (SSSR count). The highest BCUT2D eigenvalue weighted by molar-refractivity contribution is 7.89. The first-order valence-corrected chi connectivity index (χ1v) is 8.13. The van der Waals surface area contributed by atoms with Crippen LogP contribution in [0, 0.1) is 5.82 Å². The number of halogens is 1. The molecule has 1 amide bonds. The molecule has 21 heavy (non-hydrogen) atoms. The molecule has 1 saturated carbocycles. The van der Waals surface area contributed by atoms with Crippen molar-refractivity contribution in [3.05, 3.63) is 29.6 Å². The van der Waals surface area contributed by atoms with E-state index in [1.54, 1.807) is 0 Å². The molecular weight excluding hydrogens is 297 g/mol. The van der Waals surface area contributed by atoms with Crippen LogP contribution in [-0.4, -0.2) is 26.4 Å². The average molecular weight is 315 g/mol. The van der Waals surface area contributed by atoms with E-state index in [1.165, 1.54) is 13.0 Å². The minimum atomic E-state index is -3.90. The summed E-state index contributed by atoms with van der Waals surface area (Å²) in [7, 11) is -3.90. The van der Waals surface area contributed by atoms with Crippen LogP contribution in [-0.2, 0) is 21.4 Å². The fraction of sp³-hybridized carbons (Fsp3) is 0.462. The van der Waals surface area contributed by atoms with Gasteiger partial charge in [-0.2, -0.15) is 4.72 Å². The zero-order chi connectivity index (χ0) is 15.6. The van der Waals surface area contributed by atoms with E-state index in [-0.39, 0.29) is 29.0 Å². The van der Waals surface area contributed by atoms with E-state index in [2.05, 4.69) is 10.0 Å². The molecule has 4 N–H and O–H groups in total. The van der Waals surface area contributed by atoms with Crippen molar-refractivity contribution < 1.29 is 17.6 Å². The van der Waals surface area contributed by atoms with Crippen molar-refractivity contribution in [2.24, 2.45) is 5.73 Å². The molecule has 1 aliphatic rings. The quantitative estimate of drug-likeness (QED) is 0.699. The van der Waals surface area contributed by atoms with E-state index >= 15 is 0 Å². The van der Waals surface area contributed by atoms with Gasteiger partial charge in [-0.3, -0.25) is 4.79 Å². The maximum absolute atomic E-state index is 13.3. The Hall–Kier alpha value is -1.51. The van der Waals surface area contributed by atoms with Crippen LogP contribution >= 0.6 is 0 Å². The van der Waals surface area contributed by atoms with E-state index < -0.39 is 21.9 Å². The molecule has 0 aliphatic heterocycles. The Bertz CT molecular complexity index is 644. The minimum Gasteiger partial charge on any atom is -0.352 e. The van der Waals surface area contributed by atoms with E-state index in [1.807, 2.05) is 0 Å². The van der Waals surface area contributed by atoms with Gasteiger partial charge in [-0.25, -0.2) is 12.8 Å². The number of rotatable bonds is 6. The molecule has 0 heterocycles. The Balaban J connectivity index is 2.11. The molecule has 116 valence electrons. The maximum atomic E-state index is 13.3. The Labute approximate surface area is 123 Å². The van der Waals surface area contributed by atoms with E-state index in [9.17, 15) is 17.6 Å². The third kappa shape index (κ3) is 3.99. The number of hydrogen-bond acceptors (Lipinski definition) is 4. The largest absolute Gasteiger partial charge is 0.352 e. The lowest BCUT2D eigenvalue weighted by Gasteiger charge is -2.14. The van der Waals surface area contributed by atoms with Gasteiger partial charge in [-0.1, -0.05) is 0 Å². The third-order valence-electron chi connectivity index (χ3n) is 3.20. The molecule has 0 bridgehead atoms. The van der Waals surface area contributed by atoms with Gasteiger partial charge in [0.25, 0.3) is 0 Å². The summed E-state index contributed by atoms with van der Waals surface area (Å²) in [5, 5.41) is 2.71. The fourth-order valence-electron chi connectivity index (χ4n) is 1.78. The number of hydrogen-bond donors (Lipinski definition) is 3.